The summed E-state index contributed by atoms with van der Waals surface area (Å²) in [4.78, 5) is 13.7. The lowest BCUT2D eigenvalue weighted by atomic mass is 9.96. The van der Waals surface area contributed by atoms with Crippen LogP contribution in [0.15, 0.2) is 24.3 Å². The van der Waals surface area contributed by atoms with Gasteiger partial charge in [0.15, 0.2) is 0 Å². The number of hydrogen-bond donors (Lipinski definition) is 2. The summed E-state index contributed by atoms with van der Waals surface area (Å²) in [5, 5.41) is 2.84. The van der Waals surface area contributed by atoms with E-state index in [1.165, 1.54) is 6.07 Å². The van der Waals surface area contributed by atoms with Gasteiger partial charge in [-0.15, -0.1) is 0 Å². The van der Waals surface area contributed by atoms with Gasteiger partial charge >= 0.3 is 0 Å². The van der Waals surface area contributed by atoms with Crippen LogP contribution in [0.3, 0.4) is 0 Å². The number of carbonyl (C=O) groups excluding carboxylic acids is 1. The molecule has 0 fully saturated rings. The lowest BCUT2D eigenvalue weighted by molar-refractivity contribution is -0.123. The van der Waals surface area contributed by atoms with Crippen LogP contribution in [0.4, 0.5) is 4.39 Å². The number of nitrogens with one attached hydrogen (secondary N) is 1. The summed E-state index contributed by atoms with van der Waals surface area (Å²) in [6, 6.07) is 6.11. The highest BCUT2D eigenvalue weighted by Crippen LogP contribution is 2.26. The molecule has 5 heteroatoms. The van der Waals surface area contributed by atoms with E-state index < -0.39 is 0 Å². The first kappa shape index (κ1) is 17.6. The fourth-order valence-corrected chi connectivity index (χ4v) is 2.43. The van der Waals surface area contributed by atoms with Gasteiger partial charge in [0.2, 0.25) is 5.91 Å². The number of hydrogen-bond acceptors (Lipinski definition) is 3. The van der Waals surface area contributed by atoms with Crippen molar-refractivity contribution in [2.75, 3.05) is 13.6 Å². The predicted octanol–water partition coefficient (Wildman–Crippen LogP) is 2.06. The van der Waals surface area contributed by atoms with Gasteiger partial charge in [-0.3, -0.25) is 9.69 Å². The Balaban J connectivity index is 2.93. The van der Waals surface area contributed by atoms with Crippen LogP contribution in [0.5, 0.6) is 0 Å². The van der Waals surface area contributed by atoms with Gasteiger partial charge in [-0.1, -0.05) is 25.1 Å². The van der Waals surface area contributed by atoms with Gasteiger partial charge in [0.05, 0.1) is 12.6 Å². The molecule has 21 heavy (non-hydrogen) atoms. The average Bonchev–Trinajstić information content (AvgIpc) is 2.39. The van der Waals surface area contributed by atoms with Gasteiger partial charge < -0.3 is 11.1 Å². The number of nitrogens with zero attached hydrogens (tertiary/aromatic N) is 1. The molecule has 0 aliphatic carbocycles. The third kappa shape index (κ3) is 5.10. The molecule has 1 aromatic rings. The zero-order chi connectivity index (χ0) is 16.0. The largest absolute Gasteiger partial charge is 0.353 e. The van der Waals surface area contributed by atoms with E-state index in [-0.39, 0.29) is 36.4 Å². The van der Waals surface area contributed by atoms with E-state index in [1.54, 1.807) is 25.2 Å². The maximum Gasteiger partial charge on any atom is 0.234 e. The molecule has 118 valence electrons. The van der Waals surface area contributed by atoms with Gasteiger partial charge in [0, 0.05) is 17.6 Å². The van der Waals surface area contributed by atoms with Gasteiger partial charge in [-0.2, -0.15) is 0 Å². The van der Waals surface area contributed by atoms with Crippen LogP contribution < -0.4 is 11.1 Å². The summed E-state index contributed by atoms with van der Waals surface area (Å²) in [7, 11) is 1.80. The maximum absolute atomic E-state index is 14.1. The second kappa shape index (κ2) is 8.10. The molecule has 1 rings (SSSR count). The molecule has 0 radical (unpaired) electrons. The van der Waals surface area contributed by atoms with Crippen molar-refractivity contribution in [1.82, 2.24) is 10.2 Å². The Bertz CT molecular complexity index is 465. The number of rotatable bonds is 7. The lowest BCUT2D eigenvalue weighted by Gasteiger charge is -2.32. The van der Waals surface area contributed by atoms with E-state index in [2.05, 4.69) is 5.32 Å². The Morgan fingerprint density at radius 3 is 2.52 bits per heavy atom. The van der Waals surface area contributed by atoms with Gasteiger partial charge in [-0.25, -0.2) is 4.39 Å². The molecule has 0 spiro atoms. The van der Waals surface area contributed by atoms with Crippen molar-refractivity contribution in [3.05, 3.63) is 35.6 Å². The molecule has 0 saturated heterocycles. The second-order valence-corrected chi connectivity index (χ2v) is 5.68. The number of carbonyl (C=O) groups is 1. The van der Waals surface area contributed by atoms with Crippen molar-refractivity contribution in [3.63, 3.8) is 0 Å². The van der Waals surface area contributed by atoms with Crippen LogP contribution in [0, 0.1) is 5.82 Å². The normalized spacial score (nSPS) is 14.3. The molecule has 2 atom stereocenters. The summed E-state index contributed by atoms with van der Waals surface area (Å²) < 4.78 is 14.1. The van der Waals surface area contributed by atoms with Crippen LogP contribution in [0.1, 0.15) is 38.8 Å². The Hall–Kier alpha value is -1.46. The molecular formula is C16H26FN3O. The second-order valence-electron chi connectivity index (χ2n) is 5.68. The van der Waals surface area contributed by atoms with Gasteiger partial charge in [0.25, 0.3) is 0 Å². The predicted molar refractivity (Wildman–Crippen MR) is 83.3 cm³/mol. The monoisotopic (exact) mass is 295 g/mol. The van der Waals surface area contributed by atoms with E-state index in [0.29, 0.717) is 12.0 Å². The minimum absolute atomic E-state index is 0.0812. The Labute approximate surface area is 126 Å². The molecule has 0 saturated carbocycles. The van der Waals surface area contributed by atoms with Crippen molar-refractivity contribution < 1.29 is 9.18 Å². The molecule has 1 amide bonds. The van der Waals surface area contributed by atoms with Crippen molar-refractivity contribution in [3.8, 4) is 0 Å². The van der Waals surface area contributed by atoms with Crippen LogP contribution in [0.2, 0.25) is 0 Å². The molecule has 2 unspecified atom stereocenters. The first-order chi connectivity index (χ1) is 9.86. The highest BCUT2D eigenvalue weighted by atomic mass is 19.1. The number of likely N-dealkylation sites (N-methyl/N-ethyl adjacent to an activating group) is 1. The van der Waals surface area contributed by atoms with E-state index in [1.807, 2.05) is 25.7 Å². The van der Waals surface area contributed by atoms with E-state index >= 15 is 0 Å². The molecule has 0 aromatic heterocycles. The van der Waals surface area contributed by atoms with E-state index in [9.17, 15) is 9.18 Å². The molecule has 0 heterocycles. The summed E-state index contributed by atoms with van der Waals surface area (Å²) in [5.41, 5.74) is 6.69. The van der Waals surface area contributed by atoms with Gasteiger partial charge in [-0.05, 0) is 33.4 Å². The smallest absolute Gasteiger partial charge is 0.234 e. The SMILES string of the molecule is CCC(N)C(c1ccccc1F)N(C)CC(=O)NC(C)C. The summed E-state index contributed by atoms with van der Waals surface area (Å²) in [5.74, 6) is -0.375. The number of halogens is 1. The fraction of sp³-hybridized carbons (Fsp3) is 0.562. The molecule has 0 aliphatic rings. The van der Waals surface area contributed by atoms with E-state index in [4.69, 9.17) is 5.73 Å². The zero-order valence-electron chi connectivity index (χ0n) is 13.3. The third-order valence-corrected chi connectivity index (χ3v) is 3.42. The Morgan fingerprint density at radius 2 is 2.00 bits per heavy atom. The zero-order valence-corrected chi connectivity index (χ0v) is 13.3. The van der Waals surface area contributed by atoms with Crippen LogP contribution in [-0.2, 0) is 4.79 Å². The topological polar surface area (TPSA) is 58.4 Å². The number of benzene rings is 1. The number of nitrogens with two attached hydrogens (primary N) is 1. The standard InChI is InChI=1S/C16H26FN3O/c1-5-14(18)16(12-8-6-7-9-13(12)17)20(4)10-15(21)19-11(2)3/h6-9,11,14,16H,5,10,18H2,1-4H3,(H,19,21). The van der Waals surface area contributed by atoms with E-state index in [0.717, 1.165) is 0 Å². The summed E-state index contributed by atoms with van der Waals surface area (Å²) in [6.07, 6.45) is 0.704. The molecule has 0 aliphatic heterocycles. The highest BCUT2D eigenvalue weighted by molar-refractivity contribution is 5.78. The highest BCUT2D eigenvalue weighted by Gasteiger charge is 2.26. The Morgan fingerprint density at radius 1 is 1.38 bits per heavy atom. The molecule has 4 nitrogen and oxygen atoms in total. The summed E-state index contributed by atoms with van der Waals surface area (Å²) >= 11 is 0. The van der Waals surface area contributed by atoms with Crippen molar-refractivity contribution in [2.45, 2.75) is 45.3 Å². The first-order valence-corrected chi connectivity index (χ1v) is 7.36. The van der Waals surface area contributed by atoms with Gasteiger partial charge in [0.1, 0.15) is 5.82 Å². The minimum Gasteiger partial charge on any atom is -0.353 e. The van der Waals surface area contributed by atoms with Crippen LogP contribution >= 0.6 is 0 Å². The fourth-order valence-electron chi connectivity index (χ4n) is 2.43. The molecule has 0 bridgehead atoms. The first-order valence-electron chi connectivity index (χ1n) is 7.36. The summed E-state index contributed by atoms with van der Waals surface area (Å²) in [6.45, 7) is 5.96. The minimum atomic E-state index is -0.325. The lowest BCUT2D eigenvalue weighted by Crippen LogP contribution is -2.45. The van der Waals surface area contributed by atoms with Crippen molar-refractivity contribution in [1.29, 1.82) is 0 Å². The van der Waals surface area contributed by atoms with Crippen LogP contribution in [0.25, 0.3) is 0 Å². The third-order valence-electron chi connectivity index (χ3n) is 3.42. The number of amides is 1. The van der Waals surface area contributed by atoms with Crippen LogP contribution in [-0.4, -0.2) is 36.5 Å². The Kier molecular flexibility index (Phi) is 6.78. The maximum atomic E-state index is 14.1. The van der Waals surface area contributed by atoms with Crippen molar-refractivity contribution in [2.24, 2.45) is 5.73 Å². The van der Waals surface area contributed by atoms with Crippen molar-refractivity contribution >= 4 is 5.91 Å². The average molecular weight is 295 g/mol. The molecular weight excluding hydrogens is 269 g/mol. The molecule has 3 N–H and O–H groups in total. The quantitative estimate of drug-likeness (QED) is 0.809. The molecule has 1 aromatic carbocycles.